The maximum absolute atomic E-state index is 12.7. The van der Waals surface area contributed by atoms with Crippen molar-refractivity contribution in [3.63, 3.8) is 0 Å². The van der Waals surface area contributed by atoms with E-state index in [4.69, 9.17) is 0 Å². The molecule has 0 saturated heterocycles. The van der Waals surface area contributed by atoms with Crippen LogP contribution in [0.1, 0.15) is 16.2 Å². The third kappa shape index (κ3) is 2.15. The first-order valence-corrected chi connectivity index (χ1v) is 4.90. The molecule has 17 heavy (non-hydrogen) atoms. The summed E-state index contributed by atoms with van der Waals surface area (Å²) in [5.41, 5.74) is 1.18. The zero-order valence-electron chi connectivity index (χ0n) is 9.35. The fourth-order valence-corrected chi connectivity index (χ4v) is 1.35. The normalized spacial score (nSPS) is 10.3. The number of aryl methyl sites for hydroxylation is 1. The molecule has 0 saturated carbocycles. The first kappa shape index (κ1) is 11.3. The summed E-state index contributed by atoms with van der Waals surface area (Å²) in [6.07, 6.45) is 0. The van der Waals surface area contributed by atoms with Crippen LogP contribution in [0.25, 0.3) is 5.69 Å². The van der Waals surface area contributed by atoms with Gasteiger partial charge in [-0.1, -0.05) is 0 Å². The number of halogens is 1. The number of nitrogens with zero attached hydrogens (tertiary/aromatic N) is 3. The Morgan fingerprint density at radius 1 is 1.29 bits per heavy atom. The van der Waals surface area contributed by atoms with Crippen LogP contribution in [0.3, 0.4) is 0 Å². The predicted octanol–water partition coefficient (Wildman–Crippen LogP) is 1.50. The van der Waals surface area contributed by atoms with Gasteiger partial charge in [0.2, 0.25) is 0 Å². The number of carbonyl (C=O) groups excluding carboxylic acids is 1. The molecule has 0 aliphatic heterocycles. The number of carbonyl (C=O) groups is 1. The van der Waals surface area contributed by atoms with Gasteiger partial charge in [-0.3, -0.25) is 0 Å². The van der Waals surface area contributed by atoms with Gasteiger partial charge in [0.1, 0.15) is 5.82 Å². The Morgan fingerprint density at radius 2 is 1.94 bits per heavy atom. The van der Waals surface area contributed by atoms with Crippen molar-refractivity contribution in [2.24, 2.45) is 0 Å². The van der Waals surface area contributed by atoms with E-state index in [2.05, 4.69) is 14.9 Å². The number of hydrogen-bond donors (Lipinski definition) is 0. The maximum Gasteiger partial charge on any atom is 0.360 e. The largest absolute Gasteiger partial charge is 0.464 e. The molecule has 88 valence electrons. The summed E-state index contributed by atoms with van der Waals surface area (Å²) < 4.78 is 17.3. The molecule has 0 N–H and O–H groups in total. The van der Waals surface area contributed by atoms with Crippen LogP contribution < -0.4 is 0 Å². The highest BCUT2D eigenvalue weighted by atomic mass is 19.1. The molecule has 2 aromatic rings. The highest BCUT2D eigenvalue weighted by molar-refractivity contribution is 5.88. The van der Waals surface area contributed by atoms with Gasteiger partial charge in [-0.05, 0) is 31.2 Å². The Morgan fingerprint density at radius 3 is 2.53 bits per heavy atom. The molecular formula is C11H10FN3O2. The number of ether oxygens (including phenoxy) is 1. The number of esters is 1. The molecule has 2 rings (SSSR count). The van der Waals surface area contributed by atoms with E-state index in [0.29, 0.717) is 11.4 Å². The van der Waals surface area contributed by atoms with Crippen LogP contribution in [0, 0.1) is 12.7 Å². The molecular weight excluding hydrogens is 225 g/mol. The Labute approximate surface area is 96.8 Å². The lowest BCUT2D eigenvalue weighted by Crippen LogP contribution is -2.05. The van der Waals surface area contributed by atoms with Gasteiger partial charge in [-0.25, -0.2) is 9.18 Å². The third-order valence-corrected chi connectivity index (χ3v) is 2.22. The second-order valence-corrected chi connectivity index (χ2v) is 3.39. The molecule has 0 aliphatic carbocycles. The van der Waals surface area contributed by atoms with Crippen molar-refractivity contribution in [1.29, 1.82) is 0 Å². The van der Waals surface area contributed by atoms with Crippen molar-refractivity contribution >= 4 is 5.97 Å². The lowest BCUT2D eigenvalue weighted by atomic mass is 10.3. The molecule has 0 aliphatic rings. The fraction of sp³-hybridized carbons (Fsp3) is 0.182. The monoisotopic (exact) mass is 235 g/mol. The summed E-state index contributed by atoms with van der Waals surface area (Å²) in [7, 11) is 1.28. The zero-order chi connectivity index (χ0) is 12.4. The number of methoxy groups -OCH3 is 1. The third-order valence-electron chi connectivity index (χ3n) is 2.22. The van der Waals surface area contributed by atoms with Gasteiger partial charge in [-0.2, -0.15) is 9.90 Å². The average molecular weight is 235 g/mol. The SMILES string of the molecule is COC(=O)c1nn(-c2ccc(F)cc2)nc1C. The first-order valence-electron chi connectivity index (χ1n) is 4.90. The number of benzene rings is 1. The first-order chi connectivity index (χ1) is 8.11. The molecule has 0 radical (unpaired) electrons. The highest BCUT2D eigenvalue weighted by Crippen LogP contribution is 2.10. The van der Waals surface area contributed by atoms with E-state index in [1.807, 2.05) is 0 Å². The van der Waals surface area contributed by atoms with E-state index >= 15 is 0 Å². The van der Waals surface area contributed by atoms with Gasteiger partial charge >= 0.3 is 5.97 Å². The molecule has 0 spiro atoms. The minimum Gasteiger partial charge on any atom is -0.464 e. The van der Waals surface area contributed by atoms with Gasteiger partial charge in [0.05, 0.1) is 18.5 Å². The van der Waals surface area contributed by atoms with Crippen molar-refractivity contribution in [3.8, 4) is 5.69 Å². The molecule has 5 nitrogen and oxygen atoms in total. The minimum atomic E-state index is -0.545. The van der Waals surface area contributed by atoms with E-state index < -0.39 is 5.97 Å². The lowest BCUT2D eigenvalue weighted by Gasteiger charge is -1.98. The molecule has 1 aromatic carbocycles. The van der Waals surface area contributed by atoms with Crippen molar-refractivity contribution in [3.05, 3.63) is 41.5 Å². The Kier molecular flexibility index (Phi) is 2.86. The van der Waals surface area contributed by atoms with Crippen LogP contribution in [0.15, 0.2) is 24.3 Å². The van der Waals surface area contributed by atoms with E-state index in [0.717, 1.165) is 0 Å². The van der Waals surface area contributed by atoms with E-state index in [1.165, 1.54) is 36.2 Å². The van der Waals surface area contributed by atoms with Crippen LogP contribution in [0.4, 0.5) is 4.39 Å². The van der Waals surface area contributed by atoms with Gasteiger partial charge in [0.25, 0.3) is 0 Å². The average Bonchev–Trinajstić information content (AvgIpc) is 2.71. The van der Waals surface area contributed by atoms with Gasteiger partial charge in [-0.15, -0.1) is 5.10 Å². The van der Waals surface area contributed by atoms with Crippen LogP contribution in [0.5, 0.6) is 0 Å². The summed E-state index contributed by atoms with van der Waals surface area (Å²) in [6, 6.07) is 5.64. The number of hydrogen-bond acceptors (Lipinski definition) is 4. The second-order valence-electron chi connectivity index (χ2n) is 3.39. The highest BCUT2D eigenvalue weighted by Gasteiger charge is 2.16. The minimum absolute atomic E-state index is 0.150. The smallest absolute Gasteiger partial charge is 0.360 e. The van der Waals surface area contributed by atoms with Gasteiger partial charge < -0.3 is 4.74 Å². The second kappa shape index (κ2) is 4.32. The van der Waals surface area contributed by atoms with Crippen molar-refractivity contribution < 1.29 is 13.9 Å². The van der Waals surface area contributed by atoms with Crippen molar-refractivity contribution in [2.45, 2.75) is 6.92 Å². The van der Waals surface area contributed by atoms with E-state index in [1.54, 1.807) is 6.92 Å². The molecule has 0 bridgehead atoms. The summed E-state index contributed by atoms with van der Waals surface area (Å²) >= 11 is 0. The van der Waals surface area contributed by atoms with E-state index in [9.17, 15) is 9.18 Å². The van der Waals surface area contributed by atoms with Crippen LogP contribution in [-0.4, -0.2) is 28.1 Å². The predicted molar refractivity (Wildman–Crippen MR) is 57.4 cm³/mol. The van der Waals surface area contributed by atoms with Crippen LogP contribution in [-0.2, 0) is 4.74 Å². The standard InChI is InChI=1S/C11H10FN3O2/c1-7-10(11(16)17-2)14-15(13-7)9-5-3-8(12)4-6-9/h3-6H,1-2H3. The molecule has 0 atom stereocenters. The molecule has 0 fully saturated rings. The zero-order valence-corrected chi connectivity index (χ0v) is 9.35. The number of rotatable bonds is 2. The molecule has 1 aromatic heterocycles. The Balaban J connectivity index is 2.41. The van der Waals surface area contributed by atoms with Crippen molar-refractivity contribution in [1.82, 2.24) is 15.0 Å². The number of aromatic nitrogens is 3. The summed E-state index contributed by atoms with van der Waals surface area (Å²) in [5, 5.41) is 8.05. The van der Waals surface area contributed by atoms with Gasteiger partial charge in [0.15, 0.2) is 5.69 Å². The summed E-state index contributed by atoms with van der Waals surface area (Å²) in [5.74, 6) is -0.887. The maximum atomic E-state index is 12.7. The van der Waals surface area contributed by atoms with Gasteiger partial charge in [0, 0.05) is 0 Å². The molecule has 0 unspecified atom stereocenters. The van der Waals surface area contributed by atoms with Crippen molar-refractivity contribution in [2.75, 3.05) is 7.11 Å². The van der Waals surface area contributed by atoms with Crippen LogP contribution >= 0.6 is 0 Å². The quantitative estimate of drug-likeness (QED) is 0.740. The summed E-state index contributed by atoms with van der Waals surface area (Å²) in [4.78, 5) is 12.6. The fourth-order valence-electron chi connectivity index (χ4n) is 1.35. The topological polar surface area (TPSA) is 57.0 Å². The molecule has 0 amide bonds. The lowest BCUT2D eigenvalue weighted by molar-refractivity contribution is 0.0592. The Hall–Kier alpha value is -2.24. The van der Waals surface area contributed by atoms with E-state index in [-0.39, 0.29) is 11.5 Å². The van der Waals surface area contributed by atoms with Crippen LogP contribution in [0.2, 0.25) is 0 Å². The molecule has 6 heteroatoms. The summed E-state index contributed by atoms with van der Waals surface area (Å²) in [6.45, 7) is 1.65. The Bertz CT molecular complexity index is 548. The molecule has 1 heterocycles.